The van der Waals surface area contributed by atoms with Gasteiger partial charge in [0.15, 0.2) is 17.3 Å². The van der Waals surface area contributed by atoms with Crippen molar-refractivity contribution >= 4 is 11.0 Å². The van der Waals surface area contributed by atoms with Crippen LogP contribution in [0.1, 0.15) is 27.8 Å². The Balaban J connectivity index is 1.63. The summed E-state index contributed by atoms with van der Waals surface area (Å²) in [5, 5.41) is 43.3. The van der Waals surface area contributed by atoms with Gasteiger partial charge in [-0.2, -0.15) is 0 Å². The van der Waals surface area contributed by atoms with Crippen molar-refractivity contribution < 1.29 is 29.6 Å². The summed E-state index contributed by atoms with van der Waals surface area (Å²) in [6.45, 7) is 0.0285. The second-order valence-corrected chi connectivity index (χ2v) is 10.3. The normalized spacial score (nSPS) is 11.1. The third kappa shape index (κ3) is 5.48. The van der Waals surface area contributed by atoms with E-state index in [1.807, 2.05) is 91.0 Å². The van der Waals surface area contributed by atoms with Gasteiger partial charge in [0.05, 0.1) is 0 Å². The second-order valence-electron chi connectivity index (χ2n) is 10.3. The molecule has 0 saturated carbocycles. The van der Waals surface area contributed by atoms with Crippen molar-refractivity contribution in [2.45, 2.75) is 19.4 Å². The molecule has 0 atom stereocenters. The highest BCUT2D eigenvalue weighted by molar-refractivity contribution is 5.93. The minimum absolute atomic E-state index is 0.00436. The summed E-state index contributed by atoms with van der Waals surface area (Å²) in [6, 6.07) is 32.0. The summed E-state index contributed by atoms with van der Waals surface area (Å²) in [6.07, 6.45) is 0.377. The average Bonchev–Trinajstić information content (AvgIpc) is 3.03. The first-order chi connectivity index (χ1) is 20.9. The number of phenols is 4. The van der Waals surface area contributed by atoms with E-state index in [0.29, 0.717) is 5.56 Å². The van der Waals surface area contributed by atoms with Crippen LogP contribution in [0.4, 0.5) is 0 Å². The highest BCUT2D eigenvalue weighted by Gasteiger charge is 2.28. The van der Waals surface area contributed by atoms with E-state index < -0.39 is 16.9 Å². The lowest BCUT2D eigenvalue weighted by Crippen LogP contribution is -2.12. The Morgan fingerprint density at radius 3 is 1.74 bits per heavy atom. The quantitative estimate of drug-likeness (QED) is 0.144. The van der Waals surface area contributed by atoms with Gasteiger partial charge in [0.25, 0.3) is 0 Å². The topological polar surface area (TPSA) is 120 Å². The van der Waals surface area contributed by atoms with Gasteiger partial charge in [0.2, 0.25) is 11.2 Å². The zero-order chi connectivity index (χ0) is 29.9. The van der Waals surface area contributed by atoms with Crippen LogP contribution in [0.5, 0.6) is 28.7 Å². The summed E-state index contributed by atoms with van der Waals surface area (Å²) >= 11 is 0. The molecule has 0 radical (unpaired) electrons. The van der Waals surface area contributed by atoms with Crippen molar-refractivity contribution in [3.63, 3.8) is 0 Å². The fraction of sp³-hybridized carbons (Fsp3) is 0.0833. The smallest absolute Gasteiger partial charge is 0.239 e. The van der Waals surface area contributed by atoms with Gasteiger partial charge in [-0.15, -0.1) is 0 Å². The van der Waals surface area contributed by atoms with Crippen molar-refractivity contribution in [3.8, 4) is 40.1 Å². The molecule has 0 saturated heterocycles. The van der Waals surface area contributed by atoms with Gasteiger partial charge in [-0.3, -0.25) is 4.79 Å². The van der Waals surface area contributed by atoms with E-state index in [9.17, 15) is 25.2 Å². The summed E-state index contributed by atoms with van der Waals surface area (Å²) in [5.74, 6) is -1.54. The maximum atomic E-state index is 14.3. The van der Waals surface area contributed by atoms with Gasteiger partial charge in [-0.25, -0.2) is 0 Å². The fourth-order valence-electron chi connectivity index (χ4n) is 5.15. The molecule has 7 nitrogen and oxygen atoms in total. The molecule has 0 spiro atoms. The lowest BCUT2D eigenvalue weighted by atomic mass is 9.93. The molecule has 6 aromatic rings. The van der Waals surface area contributed by atoms with Gasteiger partial charge >= 0.3 is 0 Å². The SMILES string of the molecule is O=c1c(OCc2ccccc2)c(-c2ccc(O)c(O)c2)oc2c(Cc3ccccc3)c(O)c(Cc3ccccc3)c(O)c12. The van der Waals surface area contributed by atoms with E-state index in [4.69, 9.17) is 9.15 Å². The van der Waals surface area contributed by atoms with Gasteiger partial charge < -0.3 is 29.6 Å². The van der Waals surface area contributed by atoms with E-state index in [1.165, 1.54) is 18.2 Å². The van der Waals surface area contributed by atoms with Crippen LogP contribution in [0.3, 0.4) is 0 Å². The molecule has 0 unspecified atom stereocenters. The summed E-state index contributed by atoms with van der Waals surface area (Å²) in [4.78, 5) is 14.3. The molecule has 0 aliphatic rings. The molecule has 0 fully saturated rings. The number of rotatable bonds is 8. The van der Waals surface area contributed by atoms with E-state index in [1.54, 1.807) is 0 Å². The van der Waals surface area contributed by atoms with Crippen molar-refractivity contribution in [2.75, 3.05) is 0 Å². The summed E-state index contributed by atoms with van der Waals surface area (Å²) in [7, 11) is 0. The zero-order valence-corrected chi connectivity index (χ0v) is 23.0. The fourth-order valence-corrected chi connectivity index (χ4v) is 5.15. The number of phenolic OH excluding ortho intramolecular Hbond substituents is 4. The molecule has 5 aromatic carbocycles. The first kappa shape index (κ1) is 27.5. The molecule has 6 rings (SSSR count). The van der Waals surface area contributed by atoms with Crippen LogP contribution in [0.2, 0.25) is 0 Å². The Labute approximate surface area is 247 Å². The van der Waals surface area contributed by atoms with E-state index in [2.05, 4.69) is 0 Å². The molecular formula is C36H28O7. The second kappa shape index (κ2) is 11.7. The predicted molar refractivity (Wildman–Crippen MR) is 164 cm³/mol. The first-order valence-corrected chi connectivity index (χ1v) is 13.7. The highest BCUT2D eigenvalue weighted by atomic mass is 16.5. The van der Waals surface area contributed by atoms with Crippen LogP contribution in [0, 0.1) is 0 Å². The largest absolute Gasteiger partial charge is 0.507 e. The van der Waals surface area contributed by atoms with Gasteiger partial charge in [-0.1, -0.05) is 91.0 Å². The van der Waals surface area contributed by atoms with Crippen LogP contribution in [-0.4, -0.2) is 20.4 Å². The Morgan fingerprint density at radius 2 is 1.16 bits per heavy atom. The molecule has 4 N–H and O–H groups in total. The number of hydrogen-bond donors (Lipinski definition) is 4. The molecule has 214 valence electrons. The summed E-state index contributed by atoms with van der Waals surface area (Å²) < 4.78 is 12.4. The minimum Gasteiger partial charge on any atom is -0.507 e. The standard InChI is InChI=1S/C36H28O7/c37-28-17-16-25(20-29(28)38)34-36(42-21-24-14-8-3-9-15-24)33(41)30-32(40)26(18-22-10-4-1-5-11-22)31(39)27(35(30)43-34)19-23-12-6-2-7-13-23/h1-17,20,37-40H,18-19,21H2. The minimum atomic E-state index is -0.638. The molecular weight excluding hydrogens is 544 g/mol. The van der Waals surface area contributed by atoms with Crippen LogP contribution >= 0.6 is 0 Å². The average molecular weight is 573 g/mol. The molecule has 0 bridgehead atoms. The van der Waals surface area contributed by atoms with E-state index in [0.717, 1.165) is 16.7 Å². The van der Waals surface area contributed by atoms with E-state index >= 15 is 0 Å². The monoisotopic (exact) mass is 572 g/mol. The van der Waals surface area contributed by atoms with Crippen LogP contribution < -0.4 is 10.2 Å². The zero-order valence-electron chi connectivity index (χ0n) is 23.0. The number of hydrogen-bond acceptors (Lipinski definition) is 7. The number of aromatic hydroxyl groups is 4. The maximum Gasteiger partial charge on any atom is 0.239 e. The molecule has 0 amide bonds. The lowest BCUT2D eigenvalue weighted by molar-refractivity contribution is 0.297. The van der Waals surface area contributed by atoms with Crippen molar-refractivity contribution in [3.05, 3.63) is 147 Å². The van der Waals surface area contributed by atoms with Gasteiger partial charge in [-0.05, 0) is 34.9 Å². The Kier molecular flexibility index (Phi) is 7.45. The Morgan fingerprint density at radius 1 is 0.605 bits per heavy atom. The van der Waals surface area contributed by atoms with Crippen LogP contribution in [0.25, 0.3) is 22.3 Å². The third-order valence-electron chi connectivity index (χ3n) is 7.35. The Bertz CT molecular complexity index is 1970. The predicted octanol–water partition coefficient (Wildman–Crippen LogP) is 7.04. The third-order valence-corrected chi connectivity index (χ3v) is 7.35. The maximum absolute atomic E-state index is 14.3. The van der Waals surface area contributed by atoms with Crippen molar-refractivity contribution in [1.29, 1.82) is 0 Å². The van der Waals surface area contributed by atoms with Crippen molar-refractivity contribution in [2.24, 2.45) is 0 Å². The number of ether oxygens (including phenoxy) is 1. The Hall–Kier alpha value is -5.69. The molecule has 1 heterocycles. The molecule has 43 heavy (non-hydrogen) atoms. The van der Waals surface area contributed by atoms with E-state index in [-0.39, 0.29) is 64.6 Å². The van der Waals surface area contributed by atoms with Gasteiger partial charge in [0.1, 0.15) is 29.1 Å². The summed E-state index contributed by atoms with van der Waals surface area (Å²) in [5.41, 5.74) is 2.62. The number of benzene rings is 5. The molecule has 0 aliphatic carbocycles. The molecule has 7 heteroatoms. The van der Waals surface area contributed by atoms with Crippen LogP contribution in [0.15, 0.2) is 118 Å². The lowest BCUT2D eigenvalue weighted by Gasteiger charge is -2.18. The first-order valence-electron chi connectivity index (χ1n) is 13.7. The van der Waals surface area contributed by atoms with Crippen molar-refractivity contribution in [1.82, 2.24) is 0 Å². The van der Waals surface area contributed by atoms with Gasteiger partial charge in [0, 0.05) is 29.5 Å². The molecule has 0 aliphatic heterocycles. The highest BCUT2D eigenvalue weighted by Crippen LogP contribution is 2.44. The van der Waals surface area contributed by atoms with Crippen LogP contribution in [-0.2, 0) is 19.4 Å². The molecule has 1 aromatic heterocycles. The number of fused-ring (bicyclic) bond motifs is 1.